The molecular weight excluding hydrogens is 248 g/mol. The van der Waals surface area contributed by atoms with Crippen molar-refractivity contribution in [2.24, 2.45) is 0 Å². The molecule has 20 heavy (non-hydrogen) atoms. The molecule has 106 valence electrons. The second kappa shape index (κ2) is 10.7. The summed E-state index contributed by atoms with van der Waals surface area (Å²) in [4.78, 5) is 21.4. The van der Waals surface area contributed by atoms with Gasteiger partial charge in [0, 0.05) is 0 Å². The number of carbonyl (C=O) groups is 2. The zero-order chi connectivity index (χ0) is 15.4. The second-order valence-corrected chi connectivity index (χ2v) is 4.48. The molecule has 0 N–H and O–H groups in total. The van der Waals surface area contributed by atoms with Gasteiger partial charge in [-0.15, -0.1) is 0 Å². The number of hydrogen-bond acceptors (Lipinski definition) is 2. The van der Waals surface area contributed by atoms with Gasteiger partial charge in [-0.3, -0.25) is 9.59 Å². The average Bonchev–Trinajstić information content (AvgIpc) is 2.33. The van der Waals surface area contributed by atoms with Crippen molar-refractivity contribution < 1.29 is 9.59 Å². The molecular formula is C18H22O2. The van der Waals surface area contributed by atoms with E-state index in [-0.39, 0.29) is 11.6 Å². The Balaban J connectivity index is 4.39. The van der Waals surface area contributed by atoms with Gasteiger partial charge in [-0.05, 0) is 39.8 Å². The van der Waals surface area contributed by atoms with E-state index in [1.54, 1.807) is 12.2 Å². The molecule has 0 aromatic carbocycles. The zero-order valence-corrected chi connectivity index (χ0v) is 12.6. The third kappa shape index (κ3) is 12.2. The van der Waals surface area contributed by atoms with Crippen LogP contribution < -0.4 is 0 Å². The van der Waals surface area contributed by atoms with Crippen LogP contribution in [0.1, 0.15) is 27.7 Å². The van der Waals surface area contributed by atoms with Crippen LogP contribution in [0.15, 0.2) is 71.9 Å². The minimum Gasteiger partial charge on any atom is -0.295 e. The van der Waals surface area contributed by atoms with Crippen LogP contribution in [-0.4, -0.2) is 11.6 Å². The van der Waals surface area contributed by atoms with Crippen LogP contribution in [0.3, 0.4) is 0 Å². The molecule has 0 unspecified atom stereocenters. The minimum absolute atomic E-state index is 0.0392. The normalized spacial score (nSPS) is 14.2. The third-order valence-electron chi connectivity index (χ3n) is 2.21. The van der Waals surface area contributed by atoms with Crippen molar-refractivity contribution in [2.45, 2.75) is 27.7 Å². The number of allylic oxidation sites excluding steroid dienone is 12. The van der Waals surface area contributed by atoms with Crippen LogP contribution in [0.4, 0.5) is 0 Å². The molecule has 0 heterocycles. The monoisotopic (exact) mass is 270 g/mol. The summed E-state index contributed by atoms with van der Waals surface area (Å²) in [6, 6.07) is 0. The number of hydrogen-bond donors (Lipinski definition) is 0. The Kier molecular flexibility index (Phi) is 9.49. The van der Waals surface area contributed by atoms with E-state index in [1.165, 1.54) is 26.0 Å². The lowest BCUT2D eigenvalue weighted by molar-refractivity contribution is -0.113. The van der Waals surface area contributed by atoms with E-state index in [4.69, 9.17) is 0 Å². The van der Waals surface area contributed by atoms with Crippen LogP contribution >= 0.6 is 0 Å². The molecule has 0 amide bonds. The summed E-state index contributed by atoms with van der Waals surface area (Å²) >= 11 is 0. The maximum atomic E-state index is 10.7. The Morgan fingerprint density at radius 1 is 0.550 bits per heavy atom. The van der Waals surface area contributed by atoms with Gasteiger partial charge in [0.05, 0.1) is 0 Å². The molecule has 0 atom stereocenters. The van der Waals surface area contributed by atoms with Crippen molar-refractivity contribution in [2.75, 3.05) is 0 Å². The Morgan fingerprint density at radius 2 is 0.900 bits per heavy atom. The summed E-state index contributed by atoms with van der Waals surface area (Å²) in [5.74, 6) is 0.0783. The molecule has 2 nitrogen and oxygen atoms in total. The lowest BCUT2D eigenvalue weighted by atomic mass is 10.2. The SMILES string of the molecule is CC(=O)/C=C/C=C(C)/C=C/C=C/C(C)=C/C=C/C(C)=O. The van der Waals surface area contributed by atoms with Crippen LogP contribution in [0.2, 0.25) is 0 Å². The topological polar surface area (TPSA) is 34.1 Å². The predicted octanol–water partition coefficient (Wildman–Crippen LogP) is 4.28. The van der Waals surface area contributed by atoms with Crippen molar-refractivity contribution in [1.82, 2.24) is 0 Å². The van der Waals surface area contributed by atoms with E-state index in [2.05, 4.69) is 0 Å². The van der Waals surface area contributed by atoms with Gasteiger partial charge in [0.1, 0.15) is 0 Å². The summed E-state index contributed by atoms with van der Waals surface area (Å²) < 4.78 is 0. The van der Waals surface area contributed by atoms with Crippen molar-refractivity contribution in [3.8, 4) is 0 Å². The Labute approximate surface area is 121 Å². The number of carbonyl (C=O) groups excluding carboxylic acids is 2. The maximum absolute atomic E-state index is 10.7. The van der Waals surface area contributed by atoms with Gasteiger partial charge in [-0.1, -0.05) is 59.8 Å². The highest BCUT2D eigenvalue weighted by Gasteiger charge is 1.82. The van der Waals surface area contributed by atoms with Crippen LogP contribution in [0, 0.1) is 0 Å². The number of ketones is 2. The van der Waals surface area contributed by atoms with E-state index >= 15 is 0 Å². The first-order chi connectivity index (χ1) is 9.41. The summed E-state index contributed by atoms with van der Waals surface area (Å²) in [7, 11) is 0. The molecule has 2 heteroatoms. The maximum Gasteiger partial charge on any atom is 0.152 e. The molecule has 0 aromatic rings. The quantitative estimate of drug-likeness (QED) is 0.511. The van der Waals surface area contributed by atoms with Gasteiger partial charge in [-0.2, -0.15) is 0 Å². The summed E-state index contributed by atoms with van der Waals surface area (Å²) in [5.41, 5.74) is 2.12. The summed E-state index contributed by atoms with van der Waals surface area (Å²) in [6.07, 6.45) is 18.1. The van der Waals surface area contributed by atoms with E-state index in [0.29, 0.717) is 0 Å². The fraction of sp³-hybridized carbons (Fsp3) is 0.222. The molecule has 0 spiro atoms. The lowest BCUT2D eigenvalue weighted by Crippen LogP contribution is -1.78. The average molecular weight is 270 g/mol. The molecule has 0 aliphatic heterocycles. The van der Waals surface area contributed by atoms with Crippen molar-refractivity contribution in [1.29, 1.82) is 0 Å². The van der Waals surface area contributed by atoms with E-state index in [0.717, 1.165) is 11.1 Å². The lowest BCUT2D eigenvalue weighted by Gasteiger charge is -1.88. The van der Waals surface area contributed by atoms with Gasteiger partial charge in [0.25, 0.3) is 0 Å². The van der Waals surface area contributed by atoms with Gasteiger partial charge in [-0.25, -0.2) is 0 Å². The molecule has 0 aliphatic carbocycles. The highest BCUT2D eigenvalue weighted by molar-refractivity contribution is 5.87. The van der Waals surface area contributed by atoms with Crippen LogP contribution in [-0.2, 0) is 9.59 Å². The molecule has 0 bridgehead atoms. The minimum atomic E-state index is 0.0392. The Bertz CT molecular complexity index is 462. The highest BCUT2D eigenvalue weighted by Crippen LogP contribution is 1.99. The van der Waals surface area contributed by atoms with Crippen LogP contribution in [0.5, 0.6) is 0 Å². The van der Waals surface area contributed by atoms with Crippen LogP contribution in [0.25, 0.3) is 0 Å². The molecule has 0 saturated carbocycles. The Hall–Kier alpha value is -2.22. The predicted molar refractivity (Wildman–Crippen MR) is 85.4 cm³/mol. The molecule has 0 saturated heterocycles. The van der Waals surface area contributed by atoms with E-state index < -0.39 is 0 Å². The fourth-order valence-electron chi connectivity index (χ4n) is 1.20. The summed E-state index contributed by atoms with van der Waals surface area (Å²) in [6.45, 7) is 6.97. The van der Waals surface area contributed by atoms with E-state index in [9.17, 15) is 9.59 Å². The molecule has 0 rings (SSSR count). The van der Waals surface area contributed by atoms with E-state index in [1.807, 2.05) is 50.3 Å². The van der Waals surface area contributed by atoms with Crippen molar-refractivity contribution in [3.05, 3.63) is 71.9 Å². The highest BCUT2D eigenvalue weighted by atomic mass is 16.1. The van der Waals surface area contributed by atoms with Crippen molar-refractivity contribution in [3.63, 3.8) is 0 Å². The number of rotatable bonds is 7. The molecule has 0 aromatic heterocycles. The second-order valence-electron chi connectivity index (χ2n) is 4.48. The fourth-order valence-corrected chi connectivity index (χ4v) is 1.20. The standard InChI is InChI=1S/C18H22O2/c1-15(11-7-13-17(3)19)9-5-6-10-16(2)12-8-14-18(4)20/h5-14H,1-4H3/b9-5+,10-6+,13-7+,14-8+,15-11+,16-12+. The Morgan fingerprint density at radius 3 is 1.20 bits per heavy atom. The first-order valence-electron chi connectivity index (χ1n) is 6.47. The molecule has 0 radical (unpaired) electrons. The smallest absolute Gasteiger partial charge is 0.152 e. The first-order valence-corrected chi connectivity index (χ1v) is 6.47. The van der Waals surface area contributed by atoms with Gasteiger partial charge >= 0.3 is 0 Å². The zero-order valence-electron chi connectivity index (χ0n) is 12.6. The van der Waals surface area contributed by atoms with Gasteiger partial charge < -0.3 is 0 Å². The summed E-state index contributed by atoms with van der Waals surface area (Å²) in [5, 5.41) is 0. The molecule has 0 aliphatic rings. The van der Waals surface area contributed by atoms with Gasteiger partial charge in [0.15, 0.2) is 11.6 Å². The largest absolute Gasteiger partial charge is 0.295 e. The molecule has 0 fully saturated rings. The first kappa shape index (κ1) is 17.8. The van der Waals surface area contributed by atoms with Crippen molar-refractivity contribution >= 4 is 11.6 Å². The van der Waals surface area contributed by atoms with Gasteiger partial charge in [0.2, 0.25) is 0 Å². The third-order valence-corrected chi connectivity index (χ3v) is 2.21.